The number of fused-ring (bicyclic) bond motifs is 1. The third kappa shape index (κ3) is 3.64. The number of aryl methyl sites for hydroxylation is 4. The van der Waals surface area contributed by atoms with E-state index in [0.717, 1.165) is 53.7 Å². The lowest BCUT2D eigenvalue weighted by atomic mass is 10.1. The molecule has 0 radical (unpaired) electrons. The van der Waals surface area contributed by atoms with Gasteiger partial charge in [0, 0.05) is 17.8 Å². The van der Waals surface area contributed by atoms with Crippen molar-refractivity contribution in [2.75, 3.05) is 5.73 Å². The van der Waals surface area contributed by atoms with Crippen molar-refractivity contribution < 1.29 is 0 Å². The third-order valence-corrected chi connectivity index (χ3v) is 4.83. The highest BCUT2D eigenvalue weighted by Gasteiger charge is 2.12. The second kappa shape index (κ2) is 7.19. The van der Waals surface area contributed by atoms with E-state index in [0.29, 0.717) is 10.8 Å². The molecule has 0 aliphatic heterocycles. The van der Waals surface area contributed by atoms with Gasteiger partial charge in [0.25, 0.3) is 0 Å². The molecule has 2 heterocycles. The molecular formula is C19H23N5S. The number of unbranched alkanes of at least 4 members (excludes halogenated alkanes) is 1. The van der Waals surface area contributed by atoms with Crippen molar-refractivity contribution in [2.45, 2.75) is 39.7 Å². The van der Waals surface area contributed by atoms with E-state index < -0.39 is 0 Å². The number of imidazole rings is 1. The molecule has 1 aromatic carbocycles. The van der Waals surface area contributed by atoms with Crippen LogP contribution < -0.4 is 11.5 Å². The maximum absolute atomic E-state index is 6.00. The Morgan fingerprint density at radius 2 is 2.04 bits per heavy atom. The minimum atomic E-state index is 0.448. The number of aromatic nitrogens is 3. The molecular weight excluding hydrogens is 330 g/mol. The highest BCUT2D eigenvalue weighted by atomic mass is 32.1. The lowest BCUT2D eigenvalue weighted by Crippen LogP contribution is -2.09. The number of nitrogens with two attached hydrogens (primary N) is 2. The molecule has 0 unspecified atom stereocenters. The lowest BCUT2D eigenvalue weighted by Gasteiger charge is -2.09. The Hall–Kier alpha value is -2.47. The number of hydrogen-bond acceptors (Lipinski definition) is 4. The normalized spacial score (nSPS) is 11.1. The second-order valence-electron chi connectivity index (χ2n) is 6.36. The summed E-state index contributed by atoms with van der Waals surface area (Å²) in [6.07, 6.45) is 5.01. The van der Waals surface area contributed by atoms with Gasteiger partial charge in [0.15, 0.2) is 5.82 Å². The van der Waals surface area contributed by atoms with E-state index >= 15 is 0 Å². The van der Waals surface area contributed by atoms with Gasteiger partial charge in [-0.1, -0.05) is 30.4 Å². The smallest absolute Gasteiger partial charge is 0.151 e. The highest BCUT2D eigenvalue weighted by molar-refractivity contribution is 7.80. The fraction of sp³-hybridized carbons (Fsp3) is 0.316. The SMILES string of the molecule is Cc1nc(N)c2ncn(CCCCc3cccc(C(N)=S)c3)c2c1C. The number of nitrogens with zero attached hydrogens (tertiary/aromatic N) is 3. The van der Waals surface area contributed by atoms with E-state index in [4.69, 9.17) is 23.7 Å². The predicted octanol–water partition coefficient (Wildman–Crippen LogP) is 3.29. The summed E-state index contributed by atoms with van der Waals surface area (Å²) in [5, 5.41) is 0. The van der Waals surface area contributed by atoms with Crippen LogP contribution in [0.1, 0.15) is 35.2 Å². The van der Waals surface area contributed by atoms with E-state index in [1.807, 2.05) is 25.4 Å². The van der Waals surface area contributed by atoms with Gasteiger partial charge in [-0.25, -0.2) is 9.97 Å². The number of anilines is 1. The summed E-state index contributed by atoms with van der Waals surface area (Å²) in [6, 6.07) is 8.16. The minimum Gasteiger partial charge on any atom is -0.389 e. The molecule has 2 aromatic heterocycles. The molecule has 130 valence electrons. The van der Waals surface area contributed by atoms with Crippen molar-refractivity contribution in [3.63, 3.8) is 0 Å². The van der Waals surface area contributed by atoms with Crippen LogP contribution in [0.2, 0.25) is 0 Å². The van der Waals surface area contributed by atoms with Gasteiger partial charge in [0.2, 0.25) is 0 Å². The average molecular weight is 353 g/mol. The molecule has 0 fully saturated rings. The van der Waals surface area contributed by atoms with Gasteiger partial charge in [-0.3, -0.25) is 0 Å². The van der Waals surface area contributed by atoms with Crippen molar-refractivity contribution in [2.24, 2.45) is 5.73 Å². The molecule has 0 atom stereocenters. The number of hydrogen-bond donors (Lipinski definition) is 2. The number of nitrogen functional groups attached to an aromatic ring is 1. The first-order valence-corrected chi connectivity index (χ1v) is 8.84. The Morgan fingerprint density at radius 3 is 2.80 bits per heavy atom. The molecule has 0 aliphatic carbocycles. The first kappa shape index (κ1) is 17.4. The number of benzene rings is 1. The zero-order chi connectivity index (χ0) is 18.0. The van der Waals surface area contributed by atoms with Crippen LogP contribution >= 0.6 is 12.2 Å². The zero-order valence-electron chi connectivity index (χ0n) is 14.6. The summed E-state index contributed by atoms with van der Waals surface area (Å²) < 4.78 is 2.18. The lowest BCUT2D eigenvalue weighted by molar-refractivity contribution is 0.620. The number of thiocarbonyl (C=S) groups is 1. The van der Waals surface area contributed by atoms with E-state index in [9.17, 15) is 0 Å². The highest BCUT2D eigenvalue weighted by Crippen LogP contribution is 2.24. The molecule has 3 aromatic rings. The van der Waals surface area contributed by atoms with Crippen LogP contribution in [0.4, 0.5) is 5.82 Å². The van der Waals surface area contributed by atoms with Crippen molar-refractivity contribution >= 4 is 34.1 Å². The van der Waals surface area contributed by atoms with Crippen LogP contribution in [0.5, 0.6) is 0 Å². The fourth-order valence-electron chi connectivity index (χ4n) is 3.11. The summed E-state index contributed by atoms with van der Waals surface area (Å²) in [5.41, 5.74) is 17.9. The molecule has 5 nitrogen and oxygen atoms in total. The minimum absolute atomic E-state index is 0.448. The number of pyridine rings is 1. The van der Waals surface area contributed by atoms with Crippen LogP contribution in [-0.2, 0) is 13.0 Å². The Kier molecular flexibility index (Phi) is 4.99. The van der Waals surface area contributed by atoms with E-state index in [2.05, 4.69) is 33.6 Å². The van der Waals surface area contributed by atoms with Crippen LogP contribution in [0.3, 0.4) is 0 Å². The molecule has 4 N–H and O–H groups in total. The molecule has 3 rings (SSSR count). The molecule has 0 bridgehead atoms. The monoisotopic (exact) mass is 353 g/mol. The van der Waals surface area contributed by atoms with Crippen molar-refractivity contribution in [3.8, 4) is 0 Å². The molecule has 25 heavy (non-hydrogen) atoms. The standard InChI is InChI=1S/C19H23N5S/c1-12-13(2)23-18(20)16-17(12)24(11-22-16)9-4-3-6-14-7-5-8-15(10-14)19(21)25/h5,7-8,10-11H,3-4,6,9H2,1-2H3,(H2,20,23)(H2,21,25). The first-order valence-electron chi connectivity index (χ1n) is 8.43. The molecule has 0 saturated heterocycles. The third-order valence-electron chi connectivity index (χ3n) is 4.59. The van der Waals surface area contributed by atoms with Crippen LogP contribution in [-0.4, -0.2) is 19.5 Å². The Labute approximate surface area is 153 Å². The molecule has 0 saturated carbocycles. The van der Waals surface area contributed by atoms with Crippen LogP contribution in [0, 0.1) is 13.8 Å². The van der Waals surface area contributed by atoms with Gasteiger partial charge >= 0.3 is 0 Å². The van der Waals surface area contributed by atoms with E-state index in [1.165, 1.54) is 5.56 Å². The van der Waals surface area contributed by atoms with Crippen molar-refractivity contribution in [3.05, 3.63) is 53.0 Å². The summed E-state index contributed by atoms with van der Waals surface area (Å²) >= 11 is 5.04. The summed E-state index contributed by atoms with van der Waals surface area (Å²) in [4.78, 5) is 9.24. The molecule has 0 amide bonds. The summed E-state index contributed by atoms with van der Waals surface area (Å²) in [5.74, 6) is 0.506. The Morgan fingerprint density at radius 1 is 1.24 bits per heavy atom. The van der Waals surface area contributed by atoms with Gasteiger partial charge < -0.3 is 16.0 Å². The van der Waals surface area contributed by atoms with E-state index in [1.54, 1.807) is 0 Å². The van der Waals surface area contributed by atoms with Crippen LogP contribution in [0.25, 0.3) is 11.0 Å². The zero-order valence-corrected chi connectivity index (χ0v) is 15.4. The van der Waals surface area contributed by atoms with Crippen molar-refractivity contribution in [1.29, 1.82) is 0 Å². The van der Waals surface area contributed by atoms with E-state index in [-0.39, 0.29) is 0 Å². The van der Waals surface area contributed by atoms with Gasteiger partial charge in [-0.15, -0.1) is 0 Å². The van der Waals surface area contributed by atoms with Crippen molar-refractivity contribution in [1.82, 2.24) is 14.5 Å². The maximum Gasteiger partial charge on any atom is 0.151 e. The van der Waals surface area contributed by atoms with Gasteiger partial charge in [-0.2, -0.15) is 0 Å². The maximum atomic E-state index is 6.00. The van der Waals surface area contributed by atoms with Gasteiger partial charge in [-0.05, 0) is 50.3 Å². The average Bonchev–Trinajstić information content (AvgIpc) is 3.01. The molecule has 0 spiro atoms. The summed E-state index contributed by atoms with van der Waals surface area (Å²) in [6.45, 7) is 4.97. The second-order valence-corrected chi connectivity index (χ2v) is 6.80. The van der Waals surface area contributed by atoms with Gasteiger partial charge in [0.05, 0.1) is 11.8 Å². The molecule has 6 heteroatoms. The van der Waals surface area contributed by atoms with Gasteiger partial charge in [0.1, 0.15) is 10.5 Å². The largest absolute Gasteiger partial charge is 0.389 e. The summed E-state index contributed by atoms with van der Waals surface area (Å²) in [7, 11) is 0. The topological polar surface area (TPSA) is 82.8 Å². The Balaban J connectivity index is 1.66. The first-order chi connectivity index (χ1) is 12.0. The predicted molar refractivity (Wildman–Crippen MR) is 107 cm³/mol. The quantitative estimate of drug-likeness (QED) is 0.525. The fourth-order valence-corrected chi connectivity index (χ4v) is 3.24. The Bertz CT molecular complexity index is 929. The van der Waals surface area contributed by atoms with Crippen LogP contribution in [0.15, 0.2) is 30.6 Å². The molecule has 0 aliphatic rings. The number of rotatable bonds is 6.